The van der Waals surface area contributed by atoms with E-state index in [0.29, 0.717) is 5.69 Å². The third kappa shape index (κ3) is 4.68. The van der Waals surface area contributed by atoms with E-state index in [4.69, 9.17) is 0 Å². The molecule has 0 bridgehead atoms. The monoisotopic (exact) mass is 426 g/mol. The Kier molecular flexibility index (Phi) is 6.22. The van der Waals surface area contributed by atoms with E-state index < -0.39 is 15.8 Å². The van der Waals surface area contributed by atoms with E-state index >= 15 is 0 Å². The molecule has 3 rings (SSSR count). The van der Waals surface area contributed by atoms with Gasteiger partial charge < -0.3 is 5.32 Å². The van der Waals surface area contributed by atoms with Crippen LogP contribution in [0.1, 0.15) is 34.5 Å². The Hall–Kier alpha value is -3.19. The molecule has 30 heavy (non-hydrogen) atoms. The van der Waals surface area contributed by atoms with Gasteiger partial charge >= 0.3 is 0 Å². The van der Waals surface area contributed by atoms with E-state index in [0.717, 1.165) is 15.4 Å². The number of hydrogen-bond donors (Lipinski definition) is 1. The average molecular weight is 427 g/mol. The molecule has 0 aliphatic rings. The molecule has 3 aromatic rings. The second-order valence-corrected chi connectivity index (χ2v) is 9.05. The van der Waals surface area contributed by atoms with Gasteiger partial charge in [0.05, 0.1) is 16.6 Å². The number of nitrogens with one attached hydrogen (secondary N) is 1. The summed E-state index contributed by atoms with van der Waals surface area (Å²) in [4.78, 5) is 12.7. The molecule has 1 atom stereocenters. The van der Waals surface area contributed by atoms with Gasteiger partial charge in [0.1, 0.15) is 5.82 Å². The first kappa shape index (κ1) is 21.5. The zero-order valence-electron chi connectivity index (χ0n) is 17.0. The fourth-order valence-corrected chi connectivity index (χ4v) is 4.21. The summed E-state index contributed by atoms with van der Waals surface area (Å²) in [6.45, 7) is 3.85. The summed E-state index contributed by atoms with van der Waals surface area (Å²) in [5.41, 5.74) is 2.64. The number of anilines is 1. The summed E-state index contributed by atoms with van der Waals surface area (Å²) in [5.74, 6) is -0.824. The van der Waals surface area contributed by atoms with Gasteiger partial charge in [0.25, 0.3) is 15.9 Å². The largest absolute Gasteiger partial charge is 0.346 e. The normalized spacial score (nSPS) is 12.3. The average Bonchev–Trinajstić information content (AvgIpc) is 2.74. The smallest absolute Gasteiger partial charge is 0.264 e. The van der Waals surface area contributed by atoms with E-state index in [1.54, 1.807) is 6.07 Å². The van der Waals surface area contributed by atoms with Gasteiger partial charge in [0.2, 0.25) is 0 Å². The standard InChI is InChI=1S/C23H23FN2O3S/c1-16-7-9-18(10-8-16)17(2)25-23(27)19-5-4-6-22(15-19)30(28,29)26(3)21-13-11-20(24)12-14-21/h4-15,17H,1-3H3,(H,25,27)/t17-/m1/s1. The van der Waals surface area contributed by atoms with Crippen LogP contribution in [-0.2, 0) is 10.0 Å². The van der Waals surface area contributed by atoms with Crippen LogP contribution in [0.15, 0.2) is 77.7 Å². The first-order chi connectivity index (χ1) is 14.2. The van der Waals surface area contributed by atoms with Crippen LogP contribution >= 0.6 is 0 Å². The van der Waals surface area contributed by atoms with Crippen molar-refractivity contribution in [2.75, 3.05) is 11.4 Å². The maximum atomic E-state index is 13.1. The number of halogens is 1. The molecule has 0 saturated heterocycles. The van der Waals surface area contributed by atoms with Crippen LogP contribution in [0.4, 0.5) is 10.1 Å². The highest BCUT2D eigenvalue weighted by Gasteiger charge is 2.23. The minimum Gasteiger partial charge on any atom is -0.346 e. The fourth-order valence-electron chi connectivity index (χ4n) is 2.96. The van der Waals surface area contributed by atoms with Gasteiger partial charge in [-0.05, 0) is 61.9 Å². The highest BCUT2D eigenvalue weighted by Crippen LogP contribution is 2.23. The third-order valence-corrected chi connectivity index (χ3v) is 6.65. The zero-order valence-corrected chi connectivity index (χ0v) is 17.8. The lowest BCUT2D eigenvalue weighted by Gasteiger charge is -2.20. The Morgan fingerprint density at radius 2 is 1.63 bits per heavy atom. The Morgan fingerprint density at radius 1 is 1.00 bits per heavy atom. The molecule has 0 fully saturated rings. The number of rotatable bonds is 6. The molecule has 0 saturated carbocycles. The second-order valence-electron chi connectivity index (χ2n) is 7.08. The molecule has 0 spiro atoms. The third-order valence-electron chi connectivity index (χ3n) is 4.87. The number of sulfonamides is 1. The molecule has 3 aromatic carbocycles. The summed E-state index contributed by atoms with van der Waals surface area (Å²) in [6, 6.07) is 18.6. The minimum atomic E-state index is -3.92. The Balaban J connectivity index is 1.81. The van der Waals surface area contributed by atoms with Gasteiger partial charge in [0, 0.05) is 12.6 Å². The van der Waals surface area contributed by atoms with Gasteiger partial charge in [-0.15, -0.1) is 0 Å². The van der Waals surface area contributed by atoms with Crippen LogP contribution in [0, 0.1) is 12.7 Å². The SMILES string of the molecule is Cc1ccc([C@@H](C)NC(=O)c2cccc(S(=O)(=O)N(C)c3ccc(F)cc3)c2)cc1. The first-order valence-corrected chi connectivity index (χ1v) is 10.8. The number of nitrogens with zero attached hydrogens (tertiary/aromatic N) is 1. The van der Waals surface area contributed by atoms with Gasteiger partial charge in [-0.25, -0.2) is 12.8 Å². The minimum absolute atomic E-state index is 0.0232. The molecule has 156 valence electrons. The van der Waals surface area contributed by atoms with Gasteiger partial charge in [-0.2, -0.15) is 0 Å². The van der Waals surface area contributed by atoms with Gasteiger partial charge in [-0.1, -0.05) is 35.9 Å². The molecule has 0 aliphatic heterocycles. The summed E-state index contributed by atoms with van der Waals surface area (Å²) in [5, 5.41) is 2.89. The van der Waals surface area contributed by atoms with Crippen molar-refractivity contribution in [2.45, 2.75) is 24.8 Å². The molecule has 0 heterocycles. The number of aryl methyl sites for hydroxylation is 1. The zero-order chi connectivity index (χ0) is 21.9. The van der Waals surface area contributed by atoms with Crippen molar-refractivity contribution in [1.82, 2.24) is 5.32 Å². The molecule has 0 unspecified atom stereocenters. The number of hydrogen-bond acceptors (Lipinski definition) is 3. The predicted molar refractivity (Wildman–Crippen MR) is 115 cm³/mol. The topological polar surface area (TPSA) is 66.5 Å². The predicted octanol–water partition coefficient (Wildman–Crippen LogP) is 4.45. The van der Waals surface area contributed by atoms with E-state index in [1.165, 1.54) is 49.5 Å². The first-order valence-electron chi connectivity index (χ1n) is 9.40. The highest BCUT2D eigenvalue weighted by molar-refractivity contribution is 7.92. The fraction of sp³-hybridized carbons (Fsp3) is 0.174. The van der Waals surface area contributed by atoms with Crippen LogP contribution in [0.2, 0.25) is 0 Å². The van der Waals surface area contributed by atoms with Crippen LogP contribution < -0.4 is 9.62 Å². The van der Waals surface area contributed by atoms with Crippen molar-refractivity contribution in [1.29, 1.82) is 0 Å². The highest BCUT2D eigenvalue weighted by atomic mass is 32.2. The van der Waals surface area contributed by atoms with E-state index in [9.17, 15) is 17.6 Å². The Bertz CT molecular complexity index is 1140. The van der Waals surface area contributed by atoms with E-state index in [-0.39, 0.29) is 22.4 Å². The van der Waals surface area contributed by atoms with Crippen LogP contribution in [0.3, 0.4) is 0 Å². The van der Waals surface area contributed by atoms with Crippen molar-refractivity contribution < 1.29 is 17.6 Å². The molecule has 5 nitrogen and oxygen atoms in total. The van der Waals surface area contributed by atoms with E-state index in [1.807, 2.05) is 38.1 Å². The summed E-state index contributed by atoms with van der Waals surface area (Å²) in [7, 11) is -2.53. The van der Waals surface area contributed by atoms with Crippen LogP contribution in [0.5, 0.6) is 0 Å². The molecule has 1 N–H and O–H groups in total. The Morgan fingerprint density at radius 3 is 2.27 bits per heavy atom. The summed E-state index contributed by atoms with van der Waals surface area (Å²) >= 11 is 0. The lowest BCUT2D eigenvalue weighted by Crippen LogP contribution is -2.28. The van der Waals surface area contributed by atoms with Gasteiger partial charge in [0.15, 0.2) is 0 Å². The molecule has 1 amide bonds. The molecular formula is C23H23FN2O3S. The summed E-state index contributed by atoms with van der Waals surface area (Å²) in [6.07, 6.45) is 0. The molecular weight excluding hydrogens is 403 g/mol. The van der Waals surface area contributed by atoms with Crippen LogP contribution in [0.25, 0.3) is 0 Å². The number of carbonyl (C=O) groups is 1. The molecule has 7 heteroatoms. The molecule has 0 aromatic heterocycles. The van der Waals surface area contributed by atoms with Crippen LogP contribution in [-0.4, -0.2) is 21.4 Å². The summed E-state index contributed by atoms with van der Waals surface area (Å²) < 4.78 is 40.1. The lowest BCUT2D eigenvalue weighted by atomic mass is 10.1. The Labute approximate surface area is 176 Å². The molecule has 0 aliphatic carbocycles. The van der Waals surface area contributed by atoms with Crippen molar-refractivity contribution >= 4 is 21.6 Å². The number of carbonyl (C=O) groups excluding carboxylic acids is 1. The van der Waals surface area contributed by atoms with Gasteiger partial charge in [-0.3, -0.25) is 9.10 Å². The van der Waals surface area contributed by atoms with Crippen molar-refractivity contribution in [3.63, 3.8) is 0 Å². The van der Waals surface area contributed by atoms with Crippen molar-refractivity contribution in [3.05, 3.63) is 95.3 Å². The van der Waals surface area contributed by atoms with Crippen molar-refractivity contribution in [3.8, 4) is 0 Å². The number of amides is 1. The van der Waals surface area contributed by atoms with Crippen molar-refractivity contribution in [2.24, 2.45) is 0 Å². The quantitative estimate of drug-likeness (QED) is 0.633. The maximum Gasteiger partial charge on any atom is 0.264 e. The lowest BCUT2D eigenvalue weighted by molar-refractivity contribution is 0.0939. The molecule has 0 radical (unpaired) electrons. The second kappa shape index (κ2) is 8.67. The number of benzene rings is 3. The van der Waals surface area contributed by atoms with E-state index in [2.05, 4.69) is 5.32 Å². The maximum absolute atomic E-state index is 13.1.